The molecule has 12 heavy (non-hydrogen) atoms. The molecule has 0 aliphatic heterocycles. The number of hydrogen-bond acceptors (Lipinski definition) is 2. The zero-order valence-electron chi connectivity index (χ0n) is 6.71. The van der Waals surface area contributed by atoms with Crippen LogP contribution >= 0.6 is 15.9 Å². The van der Waals surface area contributed by atoms with E-state index in [9.17, 15) is 9.59 Å². The fourth-order valence-corrected chi connectivity index (χ4v) is 1.35. The number of allylic oxidation sites excluding steroid dienone is 4. The van der Waals surface area contributed by atoms with Crippen LogP contribution in [0.15, 0.2) is 23.8 Å². The Hall–Kier alpha value is -0.700. The van der Waals surface area contributed by atoms with Gasteiger partial charge in [0.2, 0.25) is 0 Å². The van der Waals surface area contributed by atoms with E-state index in [1.54, 1.807) is 0 Å². The van der Waals surface area contributed by atoms with Crippen LogP contribution in [0.2, 0.25) is 0 Å². The molecule has 0 amide bonds. The highest BCUT2D eigenvalue weighted by Crippen LogP contribution is 2.19. The standard InChI is InChI=1S/C9H9BrO2/c1-2-8(10)7-5-6(11)3-4-9(7)12/h3-5,8H,2H2,1H3. The summed E-state index contributed by atoms with van der Waals surface area (Å²) in [5, 5.41) is 0. The molecular weight excluding hydrogens is 220 g/mol. The Bertz CT molecular complexity index is 276. The van der Waals surface area contributed by atoms with Gasteiger partial charge in [0, 0.05) is 10.4 Å². The minimum absolute atomic E-state index is 0.00102. The highest BCUT2D eigenvalue weighted by Gasteiger charge is 2.18. The molecule has 3 heteroatoms. The molecule has 0 radical (unpaired) electrons. The van der Waals surface area contributed by atoms with Crippen molar-refractivity contribution in [3.8, 4) is 0 Å². The summed E-state index contributed by atoms with van der Waals surface area (Å²) in [6.45, 7) is 1.95. The van der Waals surface area contributed by atoms with Crippen LogP contribution in [0, 0.1) is 0 Å². The van der Waals surface area contributed by atoms with Crippen molar-refractivity contribution in [2.45, 2.75) is 18.2 Å². The summed E-state index contributed by atoms with van der Waals surface area (Å²) in [6, 6.07) is 0. The average molecular weight is 229 g/mol. The lowest BCUT2D eigenvalue weighted by atomic mass is 10.00. The lowest BCUT2D eigenvalue weighted by Crippen LogP contribution is -2.15. The summed E-state index contributed by atoms with van der Waals surface area (Å²) < 4.78 is 0. The van der Waals surface area contributed by atoms with Crippen LogP contribution in [0.25, 0.3) is 0 Å². The molecule has 64 valence electrons. The van der Waals surface area contributed by atoms with Crippen molar-refractivity contribution in [2.24, 2.45) is 0 Å². The first-order valence-electron chi connectivity index (χ1n) is 3.77. The molecule has 0 saturated carbocycles. The molecule has 0 aromatic carbocycles. The molecule has 0 spiro atoms. The Morgan fingerprint density at radius 1 is 1.42 bits per heavy atom. The zero-order chi connectivity index (χ0) is 9.14. The van der Waals surface area contributed by atoms with E-state index in [-0.39, 0.29) is 16.4 Å². The Morgan fingerprint density at radius 3 is 2.67 bits per heavy atom. The van der Waals surface area contributed by atoms with Gasteiger partial charge in [-0.25, -0.2) is 0 Å². The van der Waals surface area contributed by atoms with Crippen LogP contribution < -0.4 is 0 Å². The van der Waals surface area contributed by atoms with E-state index in [1.807, 2.05) is 6.92 Å². The van der Waals surface area contributed by atoms with Crippen LogP contribution in [-0.2, 0) is 9.59 Å². The van der Waals surface area contributed by atoms with Gasteiger partial charge in [-0.3, -0.25) is 9.59 Å². The second-order valence-corrected chi connectivity index (χ2v) is 3.68. The van der Waals surface area contributed by atoms with E-state index in [4.69, 9.17) is 0 Å². The fourth-order valence-electron chi connectivity index (χ4n) is 0.991. The molecule has 0 aromatic heterocycles. The molecule has 1 unspecified atom stereocenters. The molecular formula is C9H9BrO2. The second-order valence-electron chi connectivity index (χ2n) is 2.58. The van der Waals surface area contributed by atoms with E-state index >= 15 is 0 Å². The molecule has 2 nitrogen and oxygen atoms in total. The van der Waals surface area contributed by atoms with Crippen LogP contribution in [0.4, 0.5) is 0 Å². The van der Waals surface area contributed by atoms with E-state index in [2.05, 4.69) is 15.9 Å². The van der Waals surface area contributed by atoms with Crippen LogP contribution in [0.1, 0.15) is 13.3 Å². The van der Waals surface area contributed by atoms with E-state index in [1.165, 1.54) is 18.2 Å². The van der Waals surface area contributed by atoms with Gasteiger partial charge in [-0.05, 0) is 24.6 Å². The van der Waals surface area contributed by atoms with Gasteiger partial charge in [-0.15, -0.1) is 0 Å². The summed E-state index contributed by atoms with van der Waals surface area (Å²) >= 11 is 3.33. The molecule has 0 fully saturated rings. The third-order valence-electron chi connectivity index (χ3n) is 1.68. The zero-order valence-corrected chi connectivity index (χ0v) is 8.30. The van der Waals surface area contributed by atoms with E-state index < -0.39 is 0 Å². The third kappa shape index (κ3) is 1.91. The van der Waals surface area contributed by atoms with Gasteiger partial charge in [0.15, 0.2) is 11.6 Å². The van der Waals surface area contributed by atoms with E-state index in [0.717, 1.165) is 6.42 Å². The topological polar surface area (TPSA) is 34.1 Å². The Morgan fingerprint density at radius 2 is 2.08 bits per heavy atom. The first-order valence-corrected chi connectivity index (χ1v) is 4.68. The van der Waals surface area contributed by atoms with Gasteiger partial charge in [-0.2, -0.15) is 0 Å². The summed E-state index contributed by atoms with van der Waals surface area (Å²) in [5.41, 5.74) is 0.560. The van der Waals surface area contributed by atoms with Crippen molar-refractivity contribution in [3.63, 3.8) is 0 Å². The normalized spacial score (nSPS) is 19.3. The number of carbonyl (C=O) groups excluding carboxylic acids is 2. The maximum atomic E-state index is 11.2. The van der Waals surface area contributed by atoms with Crippen molar-refractivity contribution in [3.05, 3.63) is 23.8 Å². The Balaban J connectivity index is 2.88. The third-order valence-corrected chi connectivity index (χ3v) is 2.82. The van der Waals surface area contributed by atoms with Gasteiger partial charge < -0.3 is 0 Å². The van der Waals surface area contributed by atoms with Crippen molar-refractivity contribution in [2.75, 3.05) is 0 Å². The predicted molar refractivity (Wildman–Crippen MR) is 50.2 cm³/mol. The lowest BCUT2D eigenvalue weighted by Gasteiger charge is -2.10. The molecule has 1 aliphatic rings. The summed E-state index contributed by atoms with van der Waals surface area (Å²) in [7, 11) is 0. The number of rotatable bonds is 2. The van der Waals surface area contributed by atoms with Crippen molar-refractivity contribution in [1.29, 1.82) is 0 Å². The fraction of sp³-hybridized carbons (Fsp3) is 0.333. The van der Waals surface area contributed by atoms with Gasteiger partial charge >= 0.3 is 0 Å². The number of alkyl halides is 1. The summed E-state index contributed by atoms with van der Waals surface area (Å²) in [6.07, 6.45) is 4.81. The molecule has 1 atom stereocenters. The van der Waals surface area contributed by atoms with Crippen molar-refractivity contribution in [1.82, 2.24) is 0 Å². The van der Waals surface area contributed by atoms with Crippen LogP contribution in [-0.4, -0.2) is 16.4 Å². The Kier molecular flexibility index (Phi) is 2.98. The monoisotopic (exact) mass is 228 g/mol. The maximum Gasteiger partial charge on any atom is 0.183 e. The smallest absolute Gasteiger partial charge is 0.183 e. The summed E-state index contributed by atoms with van der Waals surface area (Å²) in [5.74, 6) is -0.180. The SMILES string of the molecule is CCC(Br)C1=CC(=O)C=CC1=O. The maximum absolute atomic E-state index is 11.2. The molecule has 1 rings (SSSR count). The first kappa shape index (κ1) is 9.39. The number of halogens is 1. The Labute approximate surface area is 79.5 Å². The highest BCUT2D eigenvalue weighted by molar-refractivity contribution is 9.09. The number of ketones is 2. The molecule has 0 saturated heterocycles. The largest absolute Gasteiger partial charge is 0.290 e. The van der Waals surface area contributed by atoms with Gasteiger partial charge in [0.1, 0.15) is 0 Å². The van der Waals surface area contributed by atoms with Gasteiger partial charge in [-0.1, -0.05) is 22.9 Å². The van der Waals surface area contributed by atoms with E-state index in [0.29, 0.717) is 5.57 Å². The summed E-state index contributed by atoms with van der Waals surface area (Å²) in [4.78, 5) is 22.1. The molecule has 0 bridgehead atoms. The van der Waals surface area contributed by atoms with Gasteiger partial charge in [0.25, 0.3) is 0 Å². The molecule has 0 aromatic rings. The quantitative estimate of drug-likeness (QED) is 0.534. The molecule has 0 heterocycles. The predicted octanol–water partition coefficient (Wildman–Crippen LogP) is 1.79. The van der Waals surface area contributed by atoms with Crippen molar-refractivity contribution >= 4 is 27.5 Å². The lowest BCUT2D eigenvalue weighted by molar-refractivity contribution is -0.114. The first-order chi connectivity index (χ1) is 5.65. The second kappa shape index (κ2) is 3.81. The molecule has 0 N–H and O–H groups in total. The highest BCUT2D eigenvalue weighted by atomic mass is 79.9. The minimum Gasteiger partial charge on any atom is -0.290 e. The van der Waals surface area contributed by atoms with Crippen molar-refractivity contribution < 1.29 is 9.59 Å². The number of carbonyl (C=O) groups is 2. The number of hydrogen-bond donors (Lipinski definition) is 0. The minimum atomic E-state index is -0.109. The van der Waals surface area contributed by atoms with Crippen LogP contribution in [0.5, 0.6) is 0 Å². The average Bonchev–Trinajstić information content (AvgIpc) is 2.08. The van der Waals surface area contributed by atoms with Gasteiger partial charge in [0.05, 0.1) is 0 Å². The van der Waals surface area contributed by atoms with Crippen LogP contribution in [0.3, 0.4) is 0 Å². The molecule has 1 aliphatic carbocycles.